The van der Waals surface area contributed by atoms with Crippen LogP contribution in [0.25, 0.3) is 0 Å². The van der Waals surface area contributed by atoms with Crippen molar-refractivity contribution < 1.29 is 9.59 Å². The van der Waals surface area contributed by atoms with Crippen molar-refractivity contribution in [2.24, 2.45) is 0 Å². The number of hydrogen-bond donors (Lipinski definition) is 0. The van der Waals surface area contributed by atoms with E-state index in [-0.39, 0.29) is 24.9 Å². The van der Waals surface area contributed by atoms with Crippen molar-refractivity contribution in [3.63, 3.8) is 0 Å². The van der Waals surface area contributed by atoms with Crippen LogP contribution in [0, 0.1) is 6.92 Å². The molecule has 0 bridgehead atoms. The van der Waals surface area contributed by atoms with Crippen LogP contribution in [0.2, 0.25) is 10.0 Å². The fraction of sp³-hybridized carbons (Fsp3) is 0.200. The third-order valence-corrected chi connectivity index (χ3v) is 6.21. The van der Waals surface area contributed by atoms with Crippen molar-refractivity contribution in [1.82, 2.24) is 9.80 Å². The second-order valence-corrected chi connectivity index (χ2v) is 9.63. The second kappa shape index (κ2) is 11.3. The largest absolute Gasteiger partial charge is 0.332 e. The molecule has 0 aliphatic rings. The Labute approximate surface area is 202 Å². The van der Waals surface area contributed by atoms with Crippen molar-refractivity contribution in [2.45, 2.75) is 20.0 Å². The van der Waals surface area contributed by atoms with Crippen LogP contribution in [0.4, 0.5) is 0 Å². The molecule has 3 aromatic rings. The molecule has 1 aromatic heterocycles. The van der Waals surface area contributed by atoms with Gasteiger partial charge in [0.05, 0.1) is 6.54 Å². The highest BCUT2D eigenvalue weighted by Crippen LogP contribution is 2.21. The summed E-state index contributed by atoms with van der Waals surface area (Å²) in [6, 6.07) is 18.5. The van der Waals surface area contributed by atoms with E-state index in [1.165, 1.54) is 9.78 Å². The van der Waals surface area contributed by atoms with Gasteiger partial charge in [-0.05, 0) is 42.8 Å². The summed E-state index contributed by atoms with van der Waals surface area (Å²) in [4.78, 5) is 32.0. The molecule has 0 aliphatic heterocycles. The number of thiophene rings is 1. The average Bonchev–Trinajstić information content (AvgIpc) is 3.17. The van der Waals surface area contributed by atoms with Crippen LogP contribution in [0.5, 0.6) is 0 Å². The van der Waals surface area contributed by atoms with Crippen LogP contribution >= 0.6 is 34.5 Å². The molecule has 0 fully saturated rings. The molecule has 0 atom stereocenters. The maximum Gasteiger partial charge on any atom is 0.254 e. The summed E-state index contributed by atoms with van der Waals surface area (Å²) in [6.07, 6.45) is 1.60. The summed E-state index contributed by atoms with van der Waals surface area (Å²) in [7, 11) is 0. The van der Waals surface area contributed by atoms with Gasteiger partial charge in [0.1, 0.15) is 6.54 Å². The molecule has 32 heavy (non-hydrogen) atoms. The lowest BCUT2D eigenvalue weighted by atomic mass is 10.2. The first-order valence-electron chi connectivity index (χ1n) is 10.1. The fourth-order valence-corrected chi connectivity index (χ4v) is 4.72. The summed E-state index contributed by atoms with van der Waals surface area (Å²) in [5.41, 5.74) is 1.36. The number of amides is 2. The summed E-state index contributed by atoms with van der Waals surface area (Å²) in [5.74, 6) is -0.475. The Bertz CT molecular complexity index is 1080. The van der Waals surface area contributed by atoms with E-state index in [0.29, 0.717) is 28.7 Å². The predicted molar refractivity (Wildman–Crippen MR) is 132 cm³/mol. The fourth-order valence-electron chi connectivity index (χ4n) is 3.29. The van der Waals surface area contributed by atoms with E-state index >= 15 is 0 Å². The van der Waals surface area contributed by atoms with Gasteiger partial charge in [-0.2, -0.15) is 0 Å². The molecule has 0 spiro atoms. The highest BCUT2D eigenvalue weighted by molar-refractivity contribution is 7.11. The monoisotopic (exact) mass is 486 g/mol. The van der Waals surface area contributed by atoms with E-state index in [1.807, 2.05) is 49.4 Å². The molecule has 0 saturated heterocycles. The van der Waals surface area contributed by atoms with Crippen LogP contribution in [0.15, 0.2) is 73.3 Å². The molecular formula is C25H24Cl2N2O2S. The van der Waals surface area contributed by atoms with E-state index in [9.17, 15) is 9.59 Å². The number of carbonyl (C=O) groups is 2. The van der Waals surface area contributed by atoms with Gasteiger partial charge in [0.2, 0.25) is 5.91 Å². The summed E-state index contributed by atoms with van der Waals surface area (Å²) in [5, 5.41) is 0.731. The Morgan fingerprint density at radius 1 is 0.969 bits per heavy atom. The van der Waals surface area contributed by atoms with Gasteiger partial charge in [0, 0.05) is 38.5 Å². The maximum atomic E-state index is 13.4. The smallest absolute Gasteiger partial charge is 0.254 e. The normalized spacial score (nSPS) is 10.6. The molecule has 0 radical (unpaired) electrons. The lowest BCUT2D eigenvalue weighted by molar-refractivity contribution is -0.133. The number of carbonyl (C=O) groups excluding carboxylic acids is 2. The number of hydrogen-bond acceptors (Lipinski definition) is 3. The molecule has 1 heterocycles. The quantitative estimate of drug-likeness (QED) is 0.336. The van der Waals surface area contributed by atoms with Crippen molar-refractivity contribution in [3.8, 4) is 0 Å². The summed E-state index contributed by atoms with van der Waals surface area (Å²) < 4.78 is 0. The number of benzene rings is 2. The second-order valence-electron chi connectivity index (χ2n) is 7.38. The Morgan fingerprint density at radius 3 is 2.25 bits per heavy atom. The van der Waals surface area contributed by atoms with E-state index in [1.54, 1.807) is 40.5 Å². The number of rotatable bonds is 9. The summed E-state index contributed by atoms with van der Waals surface area (Å²) in [6.45, 7) is 6.86. The number of nitrogens with zero attached hydrogens (tertiary/aromatic N) is 2. The minimum atomic E-state index is -0.325. The average molecular weight is 487 g/mol. The summed E-state index contributed by atoms with van der Waals surface area (Å²) >= 11 is 13.8. The van der Waals surface area contributed by atoms with Gasteiger partial charge in [-0.15, -0.1) is 17.9 Å². The highest BCUT2D eigenvalue weighted by Gasteiger charge is 2.23. The first-order chi connectivity index (χ1) is 15.4. The van der Waals surface area contributed by atoms with Crippen molar-refractivity contribution >= 4 is 46.4 Å². The van der Waals surface area contributed by atoms with Gasteiger partial charge >= 0.3 is 0 Å². The molecule has 0 aliphatic carbocycles. The van der Waals surface area contributed by atoms with Crippen LogP contribution in [-0.2, 0) is 17.9 Å². The zero-order valence-electron chi connectivity index (χ0n) is 17.8. The van der Waals surface area contributed by atoms with Crippen LogP contribution in [-0.4, -0.2) is 34.7 Å². The molecule has 2 amide bonds. The minimum Gasteiger partial charge on any atom is -0.332 e. The first kappa shape index (κ1) is 24.1. The van der Waals surface area contributed by atoms with E-state index in [0.717, 1.165) is 10.4 Å². The van der Waals surface area contributed by atoms with Crippen molar-refractivity contribution in [3.05, 3.63) is 104 Å². The zero-order chi connectivity index (χ0) is 23.1. The molecule has 0 unspecified atom stereocenters. The Morgan fingerprint density at radius 2 is 1.66 bits per heavy atom. The van der Waals surface area contributed by atoms with Gasteiger partial charge in [0.15, 0.2) is 0 Å². The number of halogens is 2. The van der Waals surface area contributed by atoms with E-state index in [2.05, 4.69) is 6.58 Å². The lowest BCUT2D eigenvalue weighted by Gasteiger charge is -2.27. The van der Waals surface area contributed by atoms with Crippen molar-refractivity contribution in [1.29, 1.82) is 0 Å². The maximum absolute atomic E-state index is 13.4. The minimum absolute atomic E-state index is 0.0772. The van der Waals surface area contributed by atoms with Crippen LogP contribution < -0.4 is 0 Å². The molecule has 4 nitrogen and oxygen atoms in total. The van der Waals surface area contributed by atoms with Gasteiger partial charge in [-0.3, -0.25) is 9.59 Å². The molecule has 0 saturated carbocycles. The predicted octanol–water partition coefficient (Wildman–Crippen LogP) is 6.22. The first-order valence-corrected chi connectivity index (χ1v) is 11.7. The molecule has 166 valence electrons. The Balaban J connectivity index is 1.82. The van der Waals surface area contributed by atoms with Crippen LogP contribution in [0.3, 0.4) is 0 Å². The molecule has 2 aromatic carbocycles. The van der Waals surface area contributed by atoms with Gasteiger partial charge in [0.25, 0.3) is 5.91 Å². The molecular weight excluding hydrogens is 463 g/mol. The third kappa shape index (κ3) is 6.70. The Hall–Kier alpha value is -2.60. The number of aryl methyl sites for hydroxylation is 1. The van der Waals surface area contributed by atoms with E-state index in [4.69, 9.17) is 23.2 Å². The van der Waals surface area contributed by atoms with Gasteiger partial charge in [-0.25, -0.2) is 0 Å². The molecule has 7 heteroatoms. The van der Waals surface area contributed by atoms with Crippen molar-refractivity contribution in [2.75, 3.05) is 13.1 Å². The SMILES string of the molecule is C=CCN(CC(=O)N(Cc1ccccc1)Cc1ccc(C)s1)C(=O)c1cc(Cl)cc(Cl)c1. The molecule has 0 N–H and O–H groups in total. The topological polar surface area (TPSA) is 40.6 Å². The van der Waals surface area contributed by atoms with Gasteiger partial charge < -0.3 is 9.80 Å². The zero-order valence-corrected chi connectivity index (χ0v) is 20.1. The molecule has 3 rings (SSSR count). The standard InChI is InChI=1S/C25H24Cl2N2O2S/c1-3-11-28(25(31)20-12-21(26)14-22(27)13-20)17-24(30)29(15-19-7-5-4-6-8-19)16-23-10-9-18(2)32-23/h3-10,12-14H,1,11,15-17H2,2H3. The third-order valence-electron chi connectivity index (χ3n) is 4.78. The van der Waals surface area contributed by atoms with Crippen LogP contribution in [0.1, 0.15) is 25.7 Å². The lowest BCUT2D eigenvalue weighted by Crippen LogP contribution is -2.42. The Kier molecular flexibility index (Phi) is 8.51. The van der Waals surface area contributed by atoms with Gasteiger partial charge in [-0.1, -0.05) is 59.6 Å². The highest BCUT2D eigenvalue weighted by atomic mass is 35.5. The van der Waals surface area contributed by atoms with E-state index < -0.39 is 0 Å².